The number of benzene rings is 1. The molecule has 2 aromatic rings. The van der Waals surface area contributed by atoms with Crippen LogP contribution in [0, 0.1) is 0 Å². The molecule has 0 saturated carbocycles. The number of nitrogens with one attached hydrogen (secondary N) is 1. The first-order valence-electron chi connectivity index (χ1n) is 5.13. The van der Waals surface area contributed by atoms with Crippen LogP contribution in [0.1, 0.15) is 18.5 Å². The van der Waals surface area contributed by atoms with E-state index >= 15 is 0 Å². The molecule has 1 unspecified atom stereocenters. The molecule has 0 radical (unpaired) electrons. The van der Waals surface area contributed by atoms with Crippen LogP contribution in [0.2, 0.25) is 0 Å². The van der Waals surface area contributed by atoms with E-state index in [1.165, 1.54) is 11.6 Å². The van der Waals surface area contributed by atoms with Crippen molar-refractivity contribution in [1.29, 1.82) is 0 Å². The highest BCUT2D eigenvalue weighted by atomic mass is 32.2. The summed E-state index contributed by atoms with van der Waals surface area (Å²) in [6.07, 6.45) is 0. The second-order valence-corrected chi connectivity index (χ2v) is 6.23. The maximum atomic E-state index is 12.1. The Kier molecular flexibility index (Phi) is 3.60. The number of aromatic nitrogens is 2. The molecule has 8 heteroatoms. The molecule has 0 fully saturated rings. The number of sulfonamides is 1. The smallest absolute Gasteiger partial charge is 0.263 e. The van der Waals surface area contributed by atoms with Gasteiger partial charge in [0.25, 0.3) is 10.0 Å². The summed E-state index contributed by atoms with van der Waals surface area (Å²) in [5.41, 5.74) is 7.94. The maximum absolute atomic E-state index is 12.1. The van der Waals surface area contributed by atoms with E-state index < -0.39 is 10.0 Å². The number of hydrogen-bond donors (Lipinski definition) is 2. The van der Waals surface area contributed by atoms with E-state index in [1.807, 2.05) is 0 Å². The summed E-state index contributed by atoms with van der Waals surface area (Å²) in [5, 5.41) is 7.44. The van der Waals surface area contributed by atoms with Crippen LogP contribution in [0.3, 0.4) is 0 Å². The predicted molar refractivity (Wildman–Crippen MR) is 69.8 cm³/mol. The van der Waals surface area contributed by atoms with Gasteiger partial charge < -0.3 is 5.73 Å². The quantitative estimate of drug-likeness (QED) is 0.883. The van der Waals surface area contributed by atoms with Gasteiger partial charge in [-0.15, -0.1) is 10.2 Å². The average Bonchev–Trinajstić information content (AvgIpc) is 2.81. The van der Waals surface area contributed by atoms with Crippen molar-refractivity contribution in [2.75, 3.05) is 4.72 Å². The van der Waals surface area contributed by atoms with Crippen LogP contribution in [-0.2, 0) is 10.0 Å². The number of nitrogens with zero attached hydrogens (tertiary/aromatic N) is 2. The summed E-state index contributed by atoms with van der Waals surface area (Å²) in [5.74, 6) is 0. The van der Waals surface area contributed by atoms with Crippen molar-refractivity contribution in [2.24, 2.45) is 5.73 Å². The molecule has 0 aliphatic rings. The van der Waals surface area contributed by atoms with Crippen LogP contribution in [0.4, 0.5) is 5.13 Å². The van der Waals surface area contributed by atoms with Gasteiger partial charge in [-0.25, -0.2) is 8.42 Å². The predicted octanol–water partition coefficient (Wildman–Crippen LogP) is 1.36. The number of anilines is 1. The lowest BCUT2D eigenvalue weighted by Gasteiger charge is -2.09. The van der Waals surface area contributed by atoms with Crippen molar-refractivity contribution in [3.63, 3.8) is 0 Å². The Hall–Kier alpha value is -1.51. The third-order valence-corrected chi connectivity index (χ3v) is 4.35. The van der Waals surface area contributed by atoms with Crippen molar-refractivity contribution in [2.45, 2.75) is 17.9 Å². The van der Waals surface area contributed by atoms with E-state index in [0.29, 0.717) is 0 Å². The van der Waals surface area contributed by atoms with Crippen molar-refractivity contribution < 1.29 is 8.42 Å². The molecule has 1 atom stereocenters. The van der Waals surface area contributed by atoms with E-state index in [9.17, 15) is 8.42 Å². The minimum Gasteiger partial charge on any atom is -0.324 e. The topological polar surface area (TPSA) is 98.0 Å². The second kappa shape index (κ2) is 5.01. The molecule has 6 nitrogen and oxygen atoms in total. The van der Waals surface area contributed by atoms with E-state index in [2.05, 4.69) is 14.9 Å². The number of rotatable bonds is 4. The Morgan fingerprint density at radius 1 is 1.44 bits per heavy atom. The van der Waals surface area contributed by atoms with Gasteiger partial charge >= 0.3 is 0 Å². The van der Waals surface area contributed by atoms with Crippen molar-refractivity contribution >= 4 is 26.5 Å². The Morgan fingerprint density at radius 3 is 2.83 bits per heavy atom. The van der Waals surface area contributed by atoms with E-state index in [0.717, 1.165) is 16.9 Å². The van der Waals surface area contributed by atoms with E-state index in [-0.39, 0.29) is 16.1 Å². The zero-order valence-corrected chi connectivity index (χ0v) is 11.2. The lowest BCUT2D eigenvalue weighted by atomic mass is 10.1. The Labute approximate surface area is 109 Å². The normalized spacial score (nSPS) is 13.2. The molecule has 18 heavy (non-hydrogen) atoms. The van der Waals surface area contributed by atoms with Crippen molar-refractivity contribution in [1.82, 2.24) is 10.2 Å². The molecular formula is C10H12N4O2S2. The molecule has 96 valence electrons. The van der Waals surface area contributed by atoms with Gasteiger partial charge in [-0.1, -0.05) is 23.5 Å². The van der Waals surface area contributed by atoms with E-state index in [1.54, 1.807) is 25.1 Å². The molecule has 0 aliphatic carbocycles. The molecule has 1 aromatic carbocycles. The Bertz CT molecular complexity index is 623. The molecule has 3 N–H and O–H groups in total. The lowest BCUT2D eigenvalue weighted by Crippen LogP contribution is -2.14. The van der Waals surface area contributed by atoms with Gasteiger partial charge in [0, 0.05) is 6.04 Å². The average molecular weight is 284 g/mol. The Morgan fingerprint density at radius 2 is 2.22 bits per heavy atom. The molecule has 1 aromatic heterocycles. The first kappa shape index (κ1) is 12.9. The highest BCUT2D eigenvalue weighted by molar-refractivity contribution is 7.93. The van der Waals surface area contributed by atoms with Crippen molar-refractivity contribution in [3.05, 3.63) is 35.3 Å². The van der Waals surface area contributed by atoms with Gasteiger partial charge in [0.05, 0.1) is 4.90 Å². The highest BCUT2D eigenvalue weighted by Gasteiger charge is 2.16. The largest absolute Gasteiger partial charge is 0.324 e. The van der Waals surface area contributed by atoms with Gasteiger partial charge in [0.1, 0.15) is 5.51 Å². The third kappa shape index (κ3) is 2.84. The van der Waals surface area contributed by atoms with Gasteiger partial charge in [0.15, 0.2) is 0 Å². The standard InChI is InChI=1S/C10H12N4O2S2/c1-7(11)8-3-2-4-9(5-8)18(15,16)14-10-13-12-6-17-10/h2-7H,11H2,1H3,(H,13,14). The van der Waals surface area contributed by atoms with Gasteiger partial charge in [-0.3, -0.25) is 4.72 Å². The summed E-state index contributed by atoms with van der Waals surface area (Å²) < 4.78 is 26.5. The van der Waals surface area contributed by atoms with Crippen LogP contribution in [-0.4, -0.2) is 18.6 Å². The molecule has 2 rings (SSSR count). The monoisotopic (exact) mass is 284 g/mol. The number of hydrogen-bond acceptors (Lipinski definition) is 6. The molecule has 0 bridgehead atoms. The molecule has 0 amide bonds. The van der Waals surface area contributed by atoms with E-state index in [4.69, 9.17) is 5.73 Å². The van der Waals surface area contributed by atoms with Crippen molar-refractivity contribution in [3.8, 4) is 0 Å². The molecule has 1 heterocycles. The lowest BCUT2D eigenvalue weighted by molar-refractivity contribution is 0.601. The maximum Gasteiger partial charge on any atom is 0.263 e. The first-order chi connectivity index (χ1) is 8.49. The summed E-state index contributed by atoms with van der Waals surface area (Å²) in [7, 11) is -3.64. The van der Waals surface area contributed by atoms with Crippen LogP contribution in [0.25, 0.3) is 0 Å². The molecule has 0 saturated heterocycles. The summed E-state index contributed by atoms with van der Waals surface area (Å²) in [6.45, 7) is 1.80. The first-order valence-corrected chi connectivity index (χ1v) is 7.50. The highest BCUT2D eigenvalue weighted by Crippen LogP contribution is 2.19. The van der Waals surface area contributed by atoms with Crippen LogP contribution >= 0.6 is 11.3 Å². The van der Waals surface area contributed by atoms with Gasteiger partial charge in [-0.2, -0.15) is 0 Å². The van der Waals surface area contributed by atoms with Gasteiger partial charge in [-0.05, 0) is 24.6 Å². The minimum absolute atomic E-state index is 0.160. The molecular weight excluding hydrogens is 272 g/mol. The fourth-order valence-electron chi connectivity index (χ4n) is 1.36. The van der Waals surface area contributed by atoms with Crippen LogP contribution in [0.5, 0.6) is 0 Å². The third-order valence-electron chi connectivity index (χ3n) is 2.28. The summed E-state index contributed by atoms with van der Waals surface area (Å²) >= 11 is 1.12. The second-order valence-electron chi connectivity index (χ2n) is 3.71. The van der Waals surface area contributed by atoms with Gasteiger partial charge in [0.2, 0.25) is 5.13 Å². The molecule has 0 spiro atoms. The molecule has 0 aliphatic heterocycles. The fourth-order valence-corrected chi connectivity index (χ4v) is 3.10. The summed E-state index contributed by atoms with van der Waals surface area (Å²) in [6, 6.07) is 6.28. The zero-order chi connectivity index (χ0) is 13.2. The minimum atomic E-state index is -3.64. The fraction of sp³-hybridized carbons (Fsp3) is 0.200. The Balaban J connectivity index is 2.32. The number of nitrogens with two attached hydrogens (primary N) is 1. The van der Waals surface area contributed by atoms with Crippen LogP contribution < -0.4 is 10.5 Å². The SMILES string of the molecule is CC(N)c1cccc(S(=O)(=O)Nc2nncs2)c1. The zero-order valence-electron chi connectivity index (χ0n) is 9.57. The summed E-state index contributed by atoms with van der Waals surface area (Å²) in [4.78, 5) is 0.160. The van der Waals surface area contributed by atoms with Crippen LogP contribution in [0.15, 0.2) is 34.7 Å².